The van der Waals surface area contributed by atoms with Crippen molar-refractivity contribution in [1.29, 1.82) is 0 Å². The molecule has 3 aromatic rings. The summed E-state index contributed by atoms with van der Waals surface area (Å²) >= 11 is 6.55. The number of ether oxygens (including phenoxy) is 1. The van der Waals surface area contributed by atoms with Crippen molar-refractivity contribution in [3.63, 3.8) is 0 Å². The number of hydrogen-bond donors (Lipinski definition) is 2. The lowest BCUT2D eigenvalue weighted by Crippen LogP contribution is -2.56. The molecule has 2 saturated heterocycles. The Morgan fingerprint density at radius 2 is 2.06 bits per heavy atom. The molecule has 1 aromatic heterocycles. The maximum atomic E-state index is 11.0. The molecule has 8 nitrogen and oxygen atoms in total. The third-order valence-electron chi connectivity index (χ3n) is 6.96. The van der Waals surface area contributed by atoms with E-state index in [9.17, 15) is 4.79 Å². The number of benzene rings is 2. The fourth-order valence-electron chi connectivity index (χ4n) is 4.82. The van der Waals surface area contributed by atoms with Crippen LogP contribution in [0.1, 0.15) is 46.6 Å². The summed E-state index contributed by atoms with van der Waals surface area (Å²) in [5.74, 6) is 0.745. The summed E-state index contributed by atoms with van der Waals surface area (Å²) in [4.78, 5) is 13.4. The Morgan fingerprint density at radius 1 is 1.23 bits per heavy atom. The van der Waals surface area contributed by atoms with Gasteiger partial charge < -0.3 is 24.7 Å². The van der Waals surface area contributed by atoms with Crippen molar-refractivity contribution < 1.29 is 13.9 Å². The standard InChI is InChI=1S/C26H30ClN5O3/c1-16-12-28-21(13-32(16)22-6-3-18(14-33)4-7-22)11-19-5-8-23(27)24(17(19)2)29-26-31-30-25(35-26)20-9-10-34-15-20/h3-8,14,16,20-21,28H,9-13,15H2,1-2H3,(H,29,31)/t16-,20-,21-/m0/s1. The van der Waals surface area contributed by atoms with Crippen molar-refractivity contribution in [1.82, 2.24) is 15.5 Å². The summed E-state index contributed by atoms with van der Waals surface area (Å²) in [5.41, 5.74) is 4.86. The van der Waals surface area contributed by atoms with Gasteiger partial charge in [0, 0.05) is 43.0 Å². The van der Waals surface area contributed by atoms with E-state index in [-0.39, 0.29) is 12.0 Å². The lowest BCUT2D eigenvalue weighted by molar-refractivity contribution is 0.112. The van der Waals surface area contributed by atoms with Crippen LogP contribution in [-0.2, 0) is 11.2 Å². The maximum absolute atomic E-state index is 11.0. The van der Waals surface area contributed by atoms with Gasteiger partial charge in [-0.3, -0.25) is 4.79 Å². The monoisotopic (exact) mass is 495 g/mol. The Balaban J connectivity index is 1.30. The summed E-state index contributed by atoms with van der Waals surface area (Å²) in [6, 6.07) is 12.7. The van der Waals surface area contributed by atoms with Crippen molar-refractivity contribution in [3.05, 3.63) is 64.0 Å². The minimum atomic E-state index is 0.151. The molecule has 0 unspecified atom stereocenters. The average molecular weight is 496 g/mol. The van der Waals surface area contributed by atoms with Gasteiger partial charge in [-0.15, -0.1) is 5.10 Å². The number of halogens is 1. The molecule has 2 aliphatic rings. The third-order valence-corrected chi connectivity index (χ3v) is 7.27. The first-order valence-corrected chi connectivity index (χ1v) is 12.4. The number of nitrogens with one attached hydrogen (secondary N) is 2. The first-order chi connectivity index (χ1) is 17.0. The van der Waals surface area contributed by atoms with Gasteiger partial charge in [0.1, 0.15) is 6.29 Å². The zero-order chi connectivity index (χ0) is 24.4. The SMILES string of the molecule is Cc1c(C[C@H]2CN(c3ccc(C=O)cc3)[C@@H](C)CN2)ccc(Cl)c1Nc1nnc([C@H]2CCOC2)o1. The number of aldehydes is 1. The molecule has 0 radical (unpaired) electrons. The van der Waals surface area contributed by atoms with Gasteiger partial charge in [0.25, 0.3) is 0 Å². The van der Waals surface area contributed by atoms with Gasteiger partial charge in [0.05, 0.1) is 23.2 Å². The van der Waals surface area contributed by atoms with Crippen molar-refractivity contribution in [2.45, 2.75) is 44.7 Å². The summed E-state index contributed by atoms with van der Waals surface area (Å²) < 4.78 is 11.3. The number of anilines is 3. The van der Waals surface area contributed by atoms with E-state index in [1.807, 2.05) is 30.3 Å². The average Bonchev–Trinajstić information content (AvgIpc) is 3.57. The van der Waals surface area contributed by atoms with Crippen molar-refractivity contribution in [3.8, 4) is 0 Å². The molecule has 9 heteroatoms. The number of nitrogens with zero attached hydrogens (tertiary/aromatic N) is 3. The van der Waals surface area contributed by atoms with E-state index in [1.54, 1.807) is 0 Å². The van der Waals surface area contributed by atoms with Gasteiger partial charge >= 0.3 is 6.01 Å². The molecular formula is C26H30ClN5O3. The zero-order valence-electron chi connectivity index (χ0n) is 20.0. The lowest BCUT2D eigenvalue weighted by atomic mass is 9.97. The zero-order valence-corrected chi connectivity index (χ0v) is 20.7. The molecule has 0 amide bonds. The van der Waals surface area contributed by atoms with Crippen LogP contribution in [0.3, 0.4) is 0 Å². The third kappa shape index (κ3) is 5.19. The Labute approximate surface area is 210 Å². The highest BCUT2D eigenvalue weighted by molar-refractivity contribution is 6.33. The highest BCUT2D eigenvalue weighted by atomic mass is 35.5. The molecule has 2 aromatic carbocycles. The molecule has 2 aliphatic heterocycles. The van der Waals surface area contributed by atoms with E-state index < -0.39 is 0 Å². The molecule has 5 rings (SSSR count). The van der Waals surface area contributed by atoms with Gasteiger partial charge in [-0.05, 0) is 68.1 Å². The van der Waals surface area contributed by atoms with Crippen LogP contribution in [0, 0.1) is 6.92 Å². The number of hydrogen-bond acceptors (Lipinski definition) is 8. The first-order valence-electron chi connectivity index (χ1n) is 12.0. The van der Waals surface area contributed by atoms with Crippen LogP contribution in [-0.4, -0.2) is 54.9 Å². The fourth-order valence-corrected chi connectivity index (χ4v) is 5.07. The van der Waals surface area contributed by atoms with Gasteiger partial charge in [-0.1, -0.05) is 22.8 Å². The largest absolute Gasteiger partial charge is 0.407 e. The van der Waals surface area contributed by atoms with Crippen LogP contribution < -0.4 is 15.5 Å². The molecule has 2 N–H and O–H groups in total. The topological polar surface area (TPSA) is 92.5 Å². The molecule has 0 aliphatic carbocycles. The van der Waals surface area contributed by atoms with Gasteiger partial charge in [-0.2, -0.15) is 0 Å². The second-order valence-corrected chi connectivity index (χ2v) is 9.76. The molecule has 35 heavy (non-hydrogen) atoms. The van der Waals surface area contributed by atoms with Crippen molar-refractivity contribution >= 4 is 35.3 Å². The maximum Gasteiger partial charge on any atom is 0.320 e. The van der Waals surface area contributed by atoms with Crippen LogP contribution in [0.5, 0.6) is 0 Å². The van der Waals surface area contributed by atoms with E-state index in [0.717, 1.165) is 55.8 Å². The molecule has 0 saturated carbocycles. The second kappa shape index (κ2) is 10.4. The van der Waals surface area contributed by atoms with E-state index in [1.165, 1.54) is 5.56 Å². The highest BCUT2D eigenvalue weighted by Crippen LogP contribution is 2.33. The number of aromatic nitrogens is 2. The highest BCUT2D eigenvalue weighted by Gasteiger charge is 2.27. The van der Waals surface area contributed by atoms with Gasteiger partial charge in [-0.25, -0.2) is 0 Å². The van der Waals surface area contributed by atoms with Gasteiger partial charge in [0.2, 0.25) is 5.89 Å². The summed E-state index contributed by atoms with van der Waals surface area (Å²) in [6.45, 7) is 7.35. The Bertz CT molecular complexity index is 1180. The number of carbonyl (C=O) groups excluding carboxylic acids is 1. The van der Waals surface area contributed by atoms with Crippen LogP contribution >= 0.6 is 11.6 Å². The van der Waals surface area contributed by atoms with Crippen LogP contribution in [0.25, 0.3) is 0 Å². The predicted octanol–water partition coefficient (Wildman–Crippen LogP) is 4.50. The fraction of sp³-hybridized carbons (Fsp3) is 0.423. The van der Waals surface area contributed by atoms with Crippen molar-refractivity contribution in [2.75, 3.05) is 36.5 Å². The van der Waals surface area contributed by atoms with E-state index in [4.69, 9.17) is 20.8 Å². The lowest BCUT2D eigenvalue weighted by Gasteiger charge is -2.40. The second-order valence-electron chi connectivity index (χ2n) is 9.36. The summed E-state index contributed by atoms with van der Waals surface area (Å²) in [7, 11) is 0. The predicted molar refractivity (Wildman–Crippen MR) is 136 cm³/mol. The van der Waals surface area contributed by atoms with Crippen LogP contribution in [0.2, 0.25) is 5.02 Å². The van der Waals surface area contributed by atoms with E-state index in [0.29, 0.717) is 35.1 Å². The molecule has 0 bridgehead atoms. The van der Waals surface area contributed by atoms with Crippen molar-refractivity contribution in [2.24, 2.45) is 0 Å². The Hall–Kier alpha value is -2.94. The van der Waals surface area contributed by atoms with Crippen LogP contribution in [0.4, 0.5) is 17.4 Å². The van der Waals surface area contributed by atoms with E-state index in [2.05, 4.69) is 45.6 Å². The first kappa shape index (κ1) is 23.8. The number of rotatable bonds is 7. The Kier molecular flexibility index (Phi) is 7.04. The quantitative estimate of drug-likeness (QED) is 0.463. The van der Waals surface area contributed by atoms with E-state index >= 15 is 0 Å². The molecule has 3 heterocycles. The Morgan fingerprint density at radius 3 is 2.80 bits per heavy atom. The number of carbonyl (C=O) groups is 1. The molecule has 2 fully saturated rings. The minimum absolute atomic E-state index is 0.151. The normalized spacial score (nSPS) is 22.4. The molecule has 3 atom stereocenters. The summed E-state index contributed by atoms with van der Waals surface area (Å²) in [6.07, 6.45) is 2.62. The molecule has 0 spiro atoms. The summed E-state index contributed by atoms with van der Waals surface area (Å²) in [5, 5.41) is 15.9. The molecule has 184 valence electrons. The number of piperazine rings is 1. The molecular weight excluding hydrogens is 466 g/mol. The minimum Gasteiger partial charge on any atom is -0.407 e. The van der Waals surface area contributed by atoms with Gasteiger partial charge in [0.15, 0.2) is 0 Å². The smallest absolute Gasteiger partial charge is 0.320 e. The van der Waals surface area contributed by atoms with Crippen LogP contribution in [0.15, 0.2) is 40.8 Å².